The molecule has 120 valence electrons. The molecule has 0 radical (unpaired) electrons. The molecule has 0 aliphatic heterocycles. The predicted octanol–water partition coefficient (Wildman–Crippen LogP) is 1.23. The number of alkyl halides is 3. The van der Waals surface area contributed by atoms with Crippen LogP contribution in [0.2, 0.25) is 0 Å². The summed E-state index contributed by atoms with van der Waals surface area (Å²) in [6.45, 7) is 3.43. The Bertz CT molecular complexity index is 642. The summed E-state index contributed by atoms with van der Waals surface area (Å²) in [5.74, 6) is -0.818. The first kappa shape index (κ1) is 17.5. The molecule has 3 N–H and O–H groups in total. The van der Waals surface area contributed by atoms with Crippen LogP contribution in [-0.4, -0.2) is 30.6 Å². The van der Waals surface area contributed by atoms with Crippen molar-refractivity contribution in [3.05, 3.63) is 18.0 Å². The molecule has 21 heavy (non-hydrogen) atoms. The van der Waals surface area contributed by atoms with E-state index < -0.39 is 44.8 Å². The lowest BCUT2D eigenvalue weighted by Gasteiger charge is -2.21. The first-order valence-electron chi connectivity index (χ1n) is 5.81. The molecule has 1 aromatic heterocycles. The molecular weight excluding hydrogens is 311 g/mol. The monoisotopic (exact) mass is 327 g/mol. The highest BCUT2D eigenvalue weighted by molar-refractivity contribution is 7.89. The summed E-state index contributed by atoms with van der Waals surface area (Å²) in [6.07, 6.45) is -3.91. The topological polar surface area (TPSA) is 94.2 Å². The smallest absolute Gasteiger partial charge is 0.346 e. The van der Waals surface area contributed by atoms with Gasteiger partial charge >= 0.3 is 6.18 Å². The maximum atomic E-state index is 12.5. The average Bonchev–Trinajstić information content (AvgIpc) is 2.55. The second kappa shape index (κ2) is 5.34. The van der Waals surface area contributed by atoms with Crippen LogP contribution in [0.5, 0.6) is 0 Å². The summed E-state index contributed by atoms with van der Waals surface area (Å²) >= 11 is 0. The van der Waals surface area contributed by atoms with Crippen molar-refractivity contribution in [3.63, 3.8) is 0 Å². The lowest BCUT2D eigenvalue weighted by molar-refractivity contribution is -0.140. The summed E-state index contributed by atoms with van der Waals surface area (Å²) in [6, 6.07) is 0.822. The fraction of sp³-hybridized carbons (Fsp3) is 0.545. The van der Waals surface area contributed by atoms with E-state index in [4.69, 9.17) is 5.14 Å². The van der Waals surface area contributed by atoms with Crippen molar-refractivity contribution in [2.24, 2.45) is 5.14 Å². The van der Waals surface area contributed by atoms with E-state index in [0.717, 1.165) is 6.07 Å². The lowest BCUT2D eigenvalue weighted by atomic mass is 10.1. The van der Waals surface area contributed by atoms with Crippen LogP contribution < -0.4 is 10.5 Å². The summed E-state index contributed by atoms with van der Waals surface area (Å²) in [5, 5.41) is 7.34. The highest BCUT2D eigenvalue weighted by Crippen LogP contribution is 2.22. The zero-order valence-corrected chi connectivity index (χ0v) is 12.5. The van der Waals surface area contributed by atoms with Crippen LogP contribution in [0.1, 0.15) is 31.3 Å². The lowest BCUT2D eigenvalue weighted by Crippen LogP contribution is -2.41. The van der Waals surface area contributed by atoms with Gasteiger partial charge < -0.3 is 9.88 Å². The summed E-state index contributed by atoms with van der Waals surface area (Å²) in [7, 11) is -4.21. The molecule has 1 aromatic rings. The van der Waals surface area contributed by atoms with Gasteiger partial charge in [-0.2, -0.15) is 13.2 Å². The van der Waals surface area contributed by atoms with Crippen molar-refractivity contribution < 1.29 is 26.4 Å². The Morgan fingerprint density at radius 3 is 2.24 bits per heavy atom. The number of hydrogen-bond acceptors (Lipinski definition) is 3. The largest absolute Gasteiger partial charge is 0.406 e. The van der Waals surface area contributed by atoms with Gasteiger partial charge in [0.05, 0.1) is 0 Å². The molecular formula is C11H16F3N3O3S. The Kier molecular flexibility index (Phi) is 4.45. The zero-order chi connectivity index (χ0) is 16.6. The van der Waals surface area contributed by atoms with Gasteiger partial charge in [-0.3, -0.25) is 4.79 Å². The van der Waals surface area contributed by atoms with Crippen LogP contribution in [0, 0.1) is 0 Å². The molecule has 0 fully saturated rings. The Morgan fingerprint density at radius 1 is 1.33 bits per heavy atom. The van der Waals surface area contributed by atoms with Crippen molar-refractivity contribution in [1.29, 1.82) is 0 Å². The van der Waals surface area contributed by atoms with Gasteiger partial charge in [0, 0.05) is 11.7 Å². The van der Waals surface area contributed by atoms with Crippen LogP contribution in [0.15, 0.2) is 17.2 Å². The number of nitrogens with two attached hydrogens (primary N) is 1. The number of aromatic nitrogens is 1. The van der Waals surface area contributed by atoms with Crippen LogP contribution >= 0.6 is 0 Å². The number of primary sulfonamides is 1. The molecule has 1 amide bonds. The summed E-state index contributed by atoms with van der Waals surface area (Å²) in [4.78, 5) is 11.4. The molecule has 0 atom stereocenters. The molecule has 1 rings (SSSR count). The SMILES string of the molecule is CC(C)(C)NC(=O)c1cc(S(N)(=O)=O)cn1CC(F)(F)F. The number of sulfonamides is 1. The molecule has 10 heteroatoms. The first-order chi connectivity index (χ1) is 9.19. The number of rotatable bonds is 3. The van der Waals surface area contributed by atoms with Crippen LogP contribution in [-0.2, 0) is 16.6 Å². The third-order valence-electron chi connectivity index (χ3n) is 2.27. The van der Waals surface area contributed by atoms with E-state index in [1.807, 2.05) is 0 Å². The third kappa shape index (κ3) is 5.38. The number of nitrogens with zero attached hydrogens (tertiary/aromatic N) is 1. The van der Waals surface area contributed by atoms with E-state index >= 15 is 0 Å². The highest BCUT2D eigenvalue weighted by atomic mass is 32.2. The van der Waals surface area contributed by atoms with Crippen LogP contribution in [0.25, 0.3) is 0 Å². The minimum absolute atomic E-state index is 0.425. The van der Waals surface area contributed by atoms with E-state index in [1.165, 1.54) is 0 Å². The number of amides is 1. The molecule has 6 nitrogen and oxygen atoms in total. The van der Waals surface area contributed by atoms with E-state index in [-0.39, 0.29) is 0 Å². The first-order valence-corrected chi connectivity index (χ1v) is 7.36. The number of carbonyl (C=O) groups excluding carboxylic acids is 1. The molecule has 0 aliphatic rings. The minimum Gasteiger partial charge on any atom is -0.346 e. The molecule has 0 saturated carbocycles. The Labute approximate surface area is 120 Å². The Hall–Kier alpha value is -1.55. The van der Waals surface area contributed by atoms with E-state index in [9.17, 15) is 26.4 Å². The van der Waals surface area contributed by atoms with Crippen molar-refractivity contribution in [3.8, 4) is 0 Å². The van der Waals surface area contributed by atoms with Gasteiger partial charge in [0.15, 0.2) is 0 Å². The molecule has 0 saturated heterocycles. The maximum absolute atomic E-state index is 12.5. The Morgan fingerprint density at radius 2 is 1.86 bits per heavy atom. The van der Waals surface area contributed by atoms with Crippen molar-refractivity contribution in [2.45, 2.75) is 43.9 Å². The zero-order valence-electron chi connectivity index (χ0n) is 11.7. The fourth-order valence-electron chi connectivity index (χ4n) is 1.56. The van der Waals surface area contributed by atoms with Crippen molar-refractivity contribution in [2.75, 3.05) is 0 Å². The van der Waals surface area contributed by atoms with Gasteiger partial charge in [0.25, 0.3) is 5.91 Å². The van der Waals surface area contributed by atoms with E-state index in [0.29, 0.717) is 10.8 Å². The second-order valence-corrected chi connectivity index (χ2v) is 7.11. The normalized spacial score (nSPS) is 13.3. The summed E-state index contributed by atoms with van der Waals surface area (Å²) in [5.41, 5.74) is -1.11. The van der Waals surface area contributed by atoms with E-state index in [2.05, 4.69) is 5.32 Å². The van der Waals surface area contributed by atoms with Crippen LogP contribution in [0.4, 0.5) is 13.2 Å². The fourth-order valence-corrected chi connectivity index (χ4v) is 2.11. The van der Waals surface area contributed by atoms with Gasteiger partial charge in [-0.25, -0.2) is 13.6 Å². The molecule has 0 aromatic carbocycles. The predicted molar refractivity (Wildman–Crippen MR) is 69.1 cm³/mol. The number of hydrogen-bond donors (Lipinski definition) is 2. The van der Waals surface area contributed by atoms with E-state index in [1.54, 1.807) is 20.8 Å². The quantitative estimate of drug-likeness (QED) is 0.874. The van der Waals surface area contributed by atoms with Crippen molar-refractivity contribution >= 4 is 15.9 Å². The highest BCUT2D eigenvalue weighted by Gasteiger charge is 2.31. The number of carbonyl (C=O) groups is 1. The minimum atomic E-state index is -4.61. The molecule has 1 heterocycles. The van der Waals surface area contributed by atoms with Gasteiger partial charge in [-0.05, 0) is 26.8 Å². The number of nitrogens with one attached hydrogen (secondary N) is 1. The molecule has 0 bridgehead atoms. The second-order valence-electron chi connectivity index (χ2n) is 5.55. The molecule has 0 spiro atoms. The van der Waals surface area contributed by atoms with Gasteiger partial charge in [-0.15, -0.1) is 0 Å². The Balaban J connectivity index is 3.28. The molecule has 0 unspecified atom stereocenters. The van der Waals surface area contributed by atoms with Crippen molar-refractivity contribution in [1.82, 2.24) is 9.88 Å². The molecule has 0 aliphatic carbocycles. The number of halogens is 3. The standard InChI is InChI=1S/C11H16F3N3O3S/c1-10(2,3)16-9(18)8-4-7(21(15,19)20)5-17(8)6-11(12,13)14/h4-5H,6H2,1-3H3,(H,16,18)(H2,15,19,20). The summed E-state index contributed by atoms with van der Waals surface area (Å²) < 4.78 is 60.4. The third-order valence-corrected chi connectivity index (χ3v) is 3.15. The average molecular weight is 327 g/mol. The van der Waals surface area contributed by atoms with Crippen LogP contribution in [0.3, 0.4) is 0 Å². The van der Waals surface area contributed by atoms with Gasteiger partial charge in [-0.1, -0.05) is 0 Å². The van der Waals surface area contributed by atoms with Gasteiger partial charge in [0.1, 0.15) is 17.1 Å². The van der Waals surface area contributed by atoms with Gasteiger partial charge in [0.2, 0.25) is 10.0 Å². The maximum Gasteiger partial charge on any atom is 0.406 e.